The Labute approximate surface area is 473 Å². The van der Waals surface area contributed by atoms with E-state index in [0.717, 1.165) is 57.8 Å². The Bertz CT molecular complexity index is 1540. The van der Waals surface area contributed by atoms with Gasteiger partial charge in [0.25, 0.3) is 0 Å². The Kier molecular flexibility index (Phi) is 39.7. The largest absolute Gasteiger partial charge is 0.394 e. The maximum Gasteiger partial charge on any atom is 0.220 e. The van der Waals surface area contributed by atoms with Crippen molar-refractivity contribution in [1.29, 1.82) is 0 Å². The van der Waals surface area contributed by atoms with Crippen LogP contribution in [0.4, 0.5) is 0 Å². The molecule has 17 unspecified atom stereocenters. The second kappa shape index (κ2) is 43.8. The van der Waals surface area contributed by atoms with Gasteiger partial charge in [-0.25, -0.2) is 0 Å². The van der Waals surface area contributed by atoms with E-state index < -0.39 is 124 Å². The Morgan fingerprint density at radius 2 is 0.835 bits per heavy atom. The minimum atomic E-state index is -1.97. The molecular weight excluding hydrogens is 1020 g/mol. The van der Waals surface area contributed by atoms with E-state index in [1.54, 1.807) is 0 Å². The number of carbonyl (C=O) groups excluding carboxylic acids is 1. The van der Waals surface area contributed by atoms with Crippen molar-refractivity contribution in [2.75, 3.05) is 26.4 Å². The van der Waals surface area contributed by atoms with E-state index >= 15 is 0 Å². The molecule has 12 N–H and O–H groups in total. The number of allylic oxidation sites excluding steroid dienone is 4. The van der Waals surface area contributed by atoms with E-state index in [0.29, 0.717) is 12.8 Å². The first-order valence-corrected chi connectivity index (χ1v) is 31.1. The highest BCUT2D eigenvalue weighted by Crippen LogP contribution is 2.33. The molecule has 3 aliphatic heterocycles. The van der Waals surface area contributed by atoms with E-state index in [2.05, 4.69) is 43.5 Å². The molecule has 3 aliphatic rings. The van der Waals surface area contributed by atoms with Crippen molar-refractivity contribution in [1.82, 2.24) is 5.32 Å². The van der Waals surface area contributed by atoms with Gasteiger partial charge in [0.1, 0.15) is 73.2 Å². The summed E-state index contributed by atoms with van der Waals surface area (Å²) < 4.78 is 34.3. The van der Waals surface area contributed by atoms with Crippen LogP contribution in [0.1, 0.15) is 219 Å². The van der Waals surface area contributed by atoms with Gasteiger partial charge in [-0.2, -0.15) is 0 Å². The highest BCUT2D eigenvalue weighted by Gasteiger charge is 2.53. The minimum Gasteiger partial charge on any atom is -0.394 e. The fraction of sp³-hybridized carbons (Fsp3) is 0.917. The Morgan fingerprint density at radius 3 is 1.32 bits per heavy atom. The summed E-state index contributed by atoms with van der Waals surface area (Å²) in [5, 5.41) is 120. The van der Waals surface area contributed by atoms with Gasteiger partial charge in [-0.3, -0.25) is 4.79 Å². The first-order valence-electron chi connectivity index (χ1n) is 31.1. The van der Waals surface area contributed by atoms with Crippen LogP contribution in [0.5, 0.6) is 0 Å². The van der Waals surface area contributed by atoms with Gasteiger partial charge in [-0.05, 0) is 44.9 Å². The smallest absolute Gasteiger partial charge is 0.220 e. The zero-order chi connectivity index (χ0) is 57.6. The Balaban J connectivity index is 1.48. The van der Waals surface area contributed by atoms with E-state index in [9.17, 15) is 61.0 Å². The lowest BCUT2D eigenvalue weighted by Gasteiger charge is -2.48. The fourth-order valence-electron chi connectivity index (χ4n) is 10.6. The molecule has 0 aromatic carbocycles. The third-order valence-corrected chi connectivity index (χ3v) is 15.8. The van der Waals surface area contributed by atoms with E-state index in [-0.39, 0.29) is 18.9 Å². The molecule has 464 valence electrons. The fourth-order valence-corrected chi connectivity index (χ4v) is 10.6. The van der Waals surface area contributed by atoms with Gasteiger partial charge in [0.05, 0.1) is 38.6 Å². The summed E-state index contributed by atoms with van der Waals surface area (Å²) in [6, 6.07) is -0.887. The summed E-state index contributed by atoms with van der Waals surface area (Å²) >= 11 is 0. The monoisotopic (exact) mass is 1130 g/mol. The Morgan fingerprint density at radius 1 is 0.456 bits per heavy atom. The molecule has 3 heterocycles. The molecule has 0 aromatic heterocycles. The average molecular weight is 1130 g/mol. The number of amides is 1. The molecule has 0 aromatic rings. The average Bonchev–Trinajstić information content (AvgIpc) is 3.47. The Hall–Kier alpha value is -1.73. The van der Waals surface area contributed by atoms with Crippen LogP contribution in [0.15, 0.2) is 24.3 Å². The molecule has 3 saturated heterocycles. The zero-order valence-electron chi connectivity index (χ0n) is 48.4. The van der Waals surface area contributed by atoms with Crippen molar-refractivity contribution in [3.8, 4) is 0 Å². The van der Waals surface area contributed by atoms with E-state index in [4.69, 9.17) is 28.4 Å². The number of unbranched alkanes of at least 4 members (excludes halogenated alkanes) is 26. The molecule has 0 aliphatic carbocycles. The maximum absolute atomic E-state index is 13.4. The number of carbonyl (C=O) groups is 1. The van der Waals surface area contributed by atoms with Gasteiger partial charge in [-0.1, -0.05) is 192 Å². The zero-order valence-corrected chi connectivity index (χ0v) is 48.4. The van der Waals surface area contributed by atoms with Crippen LogP contribution in [-0.2, 0) is 33.2 Å². The molecule has 0 spiro atoms. The van der Waals surface area contributed by atoms with Crippen molar-refractivity contribution in [2.24, 2.45) is 0 Å². The lowest BCUT2D eigenvalue weighted by atomic mass is 9.96. The number of aliphatic hydroxyl groups excluding tert-OH is 11. The third kappa shape index (κ3) is 27.7. The topological polar surface area (TPSA) is 307 Å². The van der Waals surface area contributed by atoms with Crippen molar-refractivity contribution in [2.45, 2.75) is 324 Å². The van der Waals surface area contributed by atoms with E-state index in [1.807, 2.05) is 0 Å². The summed E-state index contributed by atoms with van der Waals surface area (Å²) in [6.45, 7) is 1.77. The summed E-state index contributed by atoms with van der Waals surface area (Å²) in [5.74, 6) is -0.247. The molecule has 0 saturated carbocycles. The van der Waals surface area contributed by atoms with Crippen molar-refractivity contribution in [3.63, 3.8) is 0 Å². The molecule has 0 bridgehead atoms. The molecule has 1 amide bonds. The maximum atomic E-state index is 13.4. The van der Waals surface area contributed by atoms with Gasteiger partial charge in [0.15, 0.2) is 18.9 Å². The van der Waals surface area contributed by atoms with Gasteiger partial charge >= 0.3 is 0 Å². The van der Waals surface area contributed by atoms with Crippen LogP contribution in [0.3, 0.4) is 0 Å². The normalized spacial score (nSPS) is 30.4. The standard InChI is InChI=1S/C60H111NO18/c1-3-5-7-9-11-13-15-17-19-20-21-22-24-26-28-30-32-34-36-38-48(66)61-43(44(65)37-35-33-31-29-27-25-23-18-16-14-12-10-8-6-4-2)42-74-58-54(72)51(69)56(46(40-63)76-58)79-60-55(73)52(70)57(47(41-64)77-60)78-59-53(71)50(68)49(67)45(39-62)75-59/h11,13,17,19,43-47,49-60,62-65,67-73H,3-10,12,14-16,18,20-42H2,1-2H3,(H,61,66)/b13-11-,19-17-. The molecule has 19 nitrogen and oxygen atoms in total. The lowest BCUT2D eigenvalue weighted by Crippen LogP contribution is -2.66. The van der Waals surface area contributed by atoms with Crippen LogP contribution in [0, 0.1) is 0 Å². The molecule has 79 heavy (non-hydrogen) atoms. The van der Waals surface area contributed by atoms with Crippen LogP contribution >= 0.6 is 0 Å². The van der Waals surface area contributed by atoms with Crippen LogP contribution in [-0.4, -0.2) is 193 Å². The van der Waals surface area contributed by atoms with Crippen LogP contribution in [0.25, 0.3) is 0 Å². The molecule has 3 rings (SSSR count). The van der Waals surface area contributed by atoms with Crippen LogP contribution in [0.2, 0.25) is 0 Å². The minimum absolute atomic E-state index is 0.247. The highest BCUT2D eigenvalue weighted by molar-refractivity contribution is 5.76. The molecule has 0 radical (unpaired) electrons. The van der Waals surface area contributed by atoms with Crippen molar-refractivity contribution >= 4 is 5.91 Å². The van der Waals surface area contributed by atoms with Gasteiger partial charge < -0.3 is 89.9 Å². The quantitative estimate of drug-likeness (QED) is 0.0248. The third-order valence-electron chi connectivity index (χ3n) is 15.8. The molecule has 3 fully saturated rings. The first-order chi connectivity index (χ1) is 38.3. The number of hydrogen-bond acceptors (Lipinski definition) is 18. The molecular formula is C60H111NO18. The second-order valence-corrected chi connectivity index (χ2v) is 22.5. The predicted octanol–water partition coefficient (Wildman–Crippen LogP) is 5.93. The van der Waals surface area contributed by atoms with Crippen molar-refractivity contribution in [3.05, 3.63) is 24.3 Å². The molecule has 19 heteroatoms. The predicted molar refractivity (Wildman–Crippen MR) is 300 cm³/mol. The number of ether oxygens (including phenoxy) is 6. The number of rotatable bonds is 46. The molecule has 17 atom stereocenters. The first kappa shape index (κ1) is 71.5. The lowest BCUT2D eigenvalue weighted by molar-refractivity contribution is -0.379. The number of nitrogens with one attached hydrogen (secondary N) is 1. The highest BCUT2D eigenvalue weighted by atomic mass is 16.8. The summed E-state index contributed by atoms with van der Waals surface area (Å²) in [4.78, 5) is 13.4. The van der Waals surface area contributed by atoms with Crippen molar-refractivity contribution < 1.29 is 89.4 Å². The summed E-state index contributed by atoms with van der Waals surface area (Å²) in [6.07, 6.45) is 18.2. The second-order valence-electron chi connectivity index (χ2n) is 22.5. The van der Waals surface area contributed by atoms with Gasteiger partial charge in [0, 0.05) is 6.42 Å². The van der Waals surface area contributed by atoms with Crippen LogP contribution < -0.4 is 5.32 Å². The number of aliphatic hydroxyl groups is 11. The van der Waals surface area contributed by atoms with Gasteiger partial charge in [-0.15, -0.1) is 0 Å². The van der Waals surface area contributed by atoms with Gasteiger partial charge in [0.2, 0.25) is 5.91 Å². The summed E-state index contributed by atoms with van der Waals surface area (Å²) in [5.41, 5.74) is 0. The summed E-state index contributed by atoms with van der Waals surface area (Å²) in [7, 11) is 0. The SMILES string of the molecule is CCCCC/C=C\C/C=C\CCCCCCCCCCCC(=O)NC(COC1OC(CO)C(OC2OC(CO)C(OC3OC(CO)C(O)C(O)C3O)C(O)C2O)C(O)C1O)C(O)CCCCCCCCCCCCCCCCC. The number of hydrogen-bond donors (Lipinski definition) is 12. The van der Waals surface area contributed by atoms with E-state index in [1.165, 1.54) is 128 Å².